The summed E-state index contributed by atoms with van der Waals surface area (Å²) in [5, 5.41) is 10.1. The number of rotatable bonds is 8. The molecule has 1 aliphatic carbocycles. The molecule has 1 fully saturated rings. The third-order valence-electron chi connectivity index (χ3n) is 3.79. The molecule has 1 atom stereocenters. The SMILES string of the molecule is CC(C)C(=O)O[C@@H](C)ON(C=O)CC1CCC(C(=O)O)CC1. The molecule has 0 heterocycles. The van der Waals surface area contributed by atoms with Crippen LogP contribution < -0.4 is 0 Å². The van der Waals surface area contributed by atoms with E-state index in [1.54, 1.807) is 20.8 Å². The summed E-state index contributed by atoms with van der Waals surface area (Å²) >= 11 is 0. The molecular weight excluding hydrogens is 290 g/mol. The lowest BCUT2D eigenvalue weighted by Crippen LogP contribution is -2.36. The number of hydroxylamine groups is 2. The van der Waals surface area contributed by atoms with Crippen molar-refractivity contribution in [2.75, 3.05) is 6.54 Å². The lowest BCUT2D eigenvalue weighted by molar-refractivity contribution is -0.256. The Hall–Kier alpha value is -1.63. The van der Waals surface area contributed by atoms with Crippen LogP contribution in [0.1, 0.15) is 46.5 Å². The van der Waals surface area contributed by atoms with E-state index in [-0.39, 0.29) is 23.7 Å². The first-order valence-electron chi connectivity index (χ1n) is 7.65. The van der Waals surface area contributed by atoms with Gasteiger partial charge in [-0.15, -0.1) is 0 Å². The van der Waals surface area contributed by atoms with E-state index in [2.05, 4.69) is 0 Å². The van der Waals surface area contributed by atoms with Gasteiger partial charge in [-0.1, -0.05) is 13.8 Å². The van der Waals surface area contributed by atoms with E-state index < -0.39 is 12.3 Å². The van der Waals surface area contributed by atoms with Gasteiger partial charge in [-0.2, -0.15) is 0 Å². The van der Waals surface area contributed by atoms with Gasteiger partial charge < -0.3 is 9.84 Å². The van der Waals surface area contributed by atoms with Gasteiger partial charge in [0.15, 0.2) is 0 Å². The highest BCUT2D eigenvalue weighted by Gasteiger charge is 2.27. The molecule has 0 aromatic carbocycles. The molecule has 0 radical (unpaired) electrons. The molecule has 0 unspecified atom stereocenters. The Morgan fingerprint density at radius 2 is 1.82 bits per heavy atom. The third kappa shape index (κ3) is 6.01. The van der Waals surface area contributed by atoms with Crippen molar-refractivity contribution in [3.8, 4) is 0 Å². The Morgan fingerprint density at radius 3 is 2.27 bits per heavy atom. The fourth-order valence-corrected chi connectivity index (χ4v) is 2.47. The van der Waals surface area contributed by atoms with Crippen LogP contribution in [0.2, 0.25) is 0 Å². The number of ether oxygens (including phenoxy) is 1. The minimum absolute atomic E-state index is 0.203. The van der Waals surface area contributed by atoms with Crippen molar-refractivity contribution in [1.29, 1.82) is 0 Å². The molecule has 1 aliphatic rings. The highest BCUT2D eigenvalue weighted by atomic mass is 16.8. The predicted octanol–water partition coefficient (Wildman–Crippen LogP) is 1.81. The molecule has 1 amide bonds. The van der Waals surface area contributed by atoms with E-state index in [0.29, 0.717) is 25.8 Å². The summed E-state index contributed by atoms with van der Waals surface area (Å²) in [7, 11) is 0. The van der Waals surface area contributed by atoms with Crippen molar-refractivity contribution in [1.82, 2.24) is 5.06 Å². The van der Waals surface area contributed by atoms with Gasteiger partial charge in [0.1, 0.15) is 0 Å². The van der Waals surface area contributed by atoms with Crippen LogP contribution in [0.15, 0.2) is 0 Å². The second-order valence-corrected chi connectivity index (χ2v) is 6.03. The summed E-state index contributed by atoms with van der Waals surface area (Å²) in [4.78, 5) is 38.7. The monoisotopic (exact) mass is 315 g/mol. The summed E-state index contributed by atoms with van der Waals surface area (Å²) in [6, 6.07) is 0. The fourth-order valence-electron chi connectivity index (χ4n) is 2.47. The summed E-state index contributed by atoms with van der Waals surface area (Å²) in [6.07, 6.45) is 2.43. The van der Waals surface area contributed by atoms with Crippen LogP contribution in [0.5, 0.6) is 0 Å². The Labute approximate surface area is 130 Å². The zero-order valence-electron chi connectivity index (χ0n) is 13.4. The van der Waals surface area contributed by atoms with Gasteiger partial charge in [0.2, 0.25) is 12.7 Å². The van der Waals surface area contributed by atoms with Gasteiger partial charge in [0, 0.05) is 6.92 Å². The zero-order valence-corrected chi connectivity index (χ0v) is 13.4. The number of carbonyl (C=O) groups is 3. The summed E-state index contributed by atoms with van der Waals surface area (Å²) in [5.74, 6) is -1.49. The molecular formula is C15H25NO6. The Balaban J connectivity index is 2.38. The maximum absolute atomic E-state index is 11.4. The molecule has 0 saturated heterocycles. The molecule has 0 bridgehead atoms. The lowest BCUT2D eigenvalue weighted by atomic mass is 9.82. The van der Waals surface area contributed by atoms with E-state index in [0.717, 1.165) is 17.9 Å². The molecule has 7 nitrogen and oxygen atoms in total. The van der Waals surface area contributed by atoms with Crippen LogP contribution in [0.25, 0.3) is 0 Å². The number of nitrogens with zero attached hydrogens (tertiary/aromatic N) is 1. The smallest absolute Gasteiger partial charge is 0.310 e. The molecule has 7 heteroatoms. The zero-order chi connectivity index (χ0) is 16.7. The average molecular weight is 315 g/mol. The van der Waals surface area contributed by atoms with Crippen LogP contribution >= 0.6 is 0 Å². The first kappa shape index (κ1) is 18.4. The minimum atomic E-state index is -0.838. The Morgan fingerprint density at radius 1 is 1.23 bits per heavy atom. The third-order valence-corrected chi connectivity index (χ3v) is 3.79. The average Bonchev–Trinajstić information content (AvgIpc) is 2.46. The molecule has 1 saturated carbocycles. The van der Waals surface area contributed by atoms with Gasteiger partial charge in [-0.05, 0) is 31.6 Å². The number of amides is 1. The number of carboxylic acid groups (broad SMARTS) is 1. The number of carbonyl (C=O) groups excluding carboxylic acids is 2. The second kappa shape index (κ2) is 8.73. The van der Waals surface area contributed by atoms with Crippen molar-refractivity contribution >= 4 is 18.3 Å². The van der Waals surface area contributed by atoms with Crippen LogP contribution in [0, 0.1) is 17.8 Å². The molecule has 1 N–H and O–H groups in total. The van der Waals surface area contributed by atoms with Crippen molar-refractivity contribution in [3.63, 3.8) is 0 Å². The van der Waals surface area contributed by atoms with Gasteiger partial charge in [0.05, 0.1) is 18.4 Å². The quantitative estimate of drug-likeness (QED) is 0.318. The topological polar surface area (TPSA) is 93.1 Å². The number of hydrogen-bond acceptors (Lipinski definition) is 5. The summed E-state index contributed by atoms with van der Waals surface area (Å²) < 4.78 is 5.04. The van der Waals surface area contributed by atoms with Crippen molar-refractivity contribution in [2.45, 2.75) is 52.7 Å². The molecule has 0 aromatic rings. The molecule has 126 valence electrons. The van der Waals surface area contributed by atoms with E-state index in [9.17, 15) is 14.4 Å². The highest BCUT2D eigenvalue weighted by molar-refractivity contribution is 5.71. The van der Waals surface area contributed by atoms with Gasteiger partial charge >= 0.3 is 11.9 Å². The van der Waals surface area contributed by atoms with Gasteiger partial charge in [-0.3, -0.25) is 14.4 Å². The van der Waals surface area contributed by atoms with E-state index >= 15 is 0 Å². The summed E-state index contributed by atoms with van der Waals surface area (Å²) in [6.45, 7) is 5.36. The lowest BCUT2D eigenvalue weighted by Gasteiger charge is -2.30. The van der Waals surface area contributed by atoms with Crippen molar-refractivity contribution in [2.24, 2.45) is 17.8 Å². The molecule has 1 rings (SSSR count). The Bertz CT molecular complexity index is 389. The second-order valence-electron chi connectivity index (χ2n) is 6.03. The first-order chi connectivity index (χ1) is 10.3. The number of carboxylic acids is 1. The molecule has 22 heavy (non-hydrogen) atoms. The predicted molar refractivity (Wildman–Crippen MR) is 77.3 cm³/mol. The van der Waals surface area contributed by atoms with Crippen molar-refractivity contribution in [3.05, 3.63) is 0 Å². The molecule has 0 aliphatic heterocycles. The van der Waals surface area contributed by atoms with E-state index in [1.165, 1.54) is 0 Å². The molecule has 0 aromatic heterocycles. The van der Waals surface area contributed by atoms with E-state index in [1.807, 2.05) is 0 Å². The number of aliphatic carboxylic acids is 1. The Kier molecular flexibility index (Phi) is 7.31. The van der Waals surface area contributed by atoms with E-state index in [4.69, 9.17) is 14.7 Å². The number of hydrogen-bond donors (Lipinski definition) is 1. The van der Waals surface area contributed by atoms with Gasteiger partial charge in [0.25, 0.3) is 0 Å². The fraction of sp³-hybridized carbons (Fsp3) is 0.800. The first-order valence-corrected chi connectivity index (χ1v) is 7.65. The van der Waals surface area contributed by atoms with Crippen LogP contribution in [-0.2, 0) is 24.0 Å². The summed E-state index contributed by atoms with van der Waals surface area (Å²) in [5.41, 5.74) is 0. The maximum Gasteiger partial charge on any atom is 0.310 e. The number of esters is 1. The largest absolute Gasteiger partial charge is 0.481 e. The maximum atomic E-state index is 11.4. The van der Waals surface area contributed by atoms with Crippen LogP contribution in [-0.4, -0.2) is 41.4 Å². The standard InChI is InChI=1S/C15H25NO6/c1-10(2)15(20)21-11(3)22-16(9-17)8-12-4-6-13(7-5-12)14(18)19/h9-13H,4-8H2,1-3H3,(H,18,19)/t11-,12?,13?/m1/s1. The highest BCUT2D eigenvalue weighted by Crippen LogP contribution is 2.29. The normalized spacial score (nSPS) is 22.9. The minimum Gasteiger partial charge on any atom is -0.481 e. The van der Waals surface area contributed by atoms with Crippen LogP contribution in [0.4, 0.5) is 0 Å². The molecule has 0 spiro atoms. The van der Waals surface area contributed by atoms with Crippen LogP contribution in [0.3, 0.4) is 0 Å². The van der Waals surface area contributed by atoms with Crippen molar-refractivity contribution < 1.29 is 29.1 Å². The van der Waals surface area contributed by atoms with Gasteiger partial charge in [-0.25, -0.2) is 9.90 Å².